The van der Waals surface area contributed by atoms with E-state index in [0.29, 0.717) is 6.54 Å². The number of aromatic nitrogens is 3. The monoisotopic (exact) mass is 202 g/mol. The molecule has 0 atom stereocenters. The van der Waals surface area contributed by atoms with Gasteiger partial charge in [0.1, 0.15) is 0 Å². The molecule has 0 spiro atoms. The van der Waals surface area contributed by atoms with Crippen LogP contribution in [0.5, 0.6) is 0 Å². The Morgan fingerprint density at radius 1 is 1.47 bits per heavy atom. The zero-order valence-corrected chi connectivity index (χ0v) is 8.72. The van der Waals surface area contributed by atoms with Crippen molar-refractivity contribution in [3.63, 3.8) is 0 Å². The lowest BCUT2D eigenvalue weighted by Crippen LogP contribution is -2.06. The fraction of sp³-hybridized carbons (Fsp3) is 0.273. The maximum Gasteiger partial charge on any atom is 0.0942 e. The van der Waals surface area contributed by atoms with E-state index in [1.165, 1.54) is 0 Å². The van der Waals surface area contributed by atoms with Gasteiger partial charge >= 0.3 is 0 Å². The fourth-order valence-corrected chi connectivity index (χ4v) is 1.55. The highest BCUT2D eigenvalue weighted by atomic mass is 15.3. The molecule has 0 bridgehead atoms. The van der Waals surface area contributed by atoms with E-state index in [2.05, 4.69) is 17.0 Å². The molecule has 0 aliphatic carbocycles. The molecule has 2 aromatic heterocycles. The molecule has 4 heteroatoms. The SMILES string of the molecule is CCn1nc(-c2cccnc2)cc1CN. The lowest BCUT2D eigenvalue weighted by molar-refractivity contribution is 0.624. The molecular formula is C11H14N4. The molecule has 0 fully saturated rings. The summed E-state index contributed by atoms with van der Waals surface area (Å²) >= 11 is 0. The first-order chi connectivity index (χ1) is 7.35. The molecule has 0 saturated carbocycles. The Bertz CT molecular complexity index is 412. The zero-order valence-electron chi connectivity index (χ0n) is 8.72. The maximum absolute atomic E-state index is 5.64. The van der Waals surface area contributed by atoms with E-state index in [-0.39, 0.29) is 0 Å². The van der Waals surface area contributed by atoms with Crippen molar-refractivity contribution in [2.45, 2.75) is 20.0 Å². The van der Waals surface area contributed by atoms with Crippen molar-refractivity contribution < 1.29 is 0 Å². The van der Waals surface area contributed by atoms with Crippen LogP contribution in [0.4, 0.5) is 0 Å². The van der Waals surface area contributed by atoms with Gasteiger partial charge in [0.15, 0.2) is 0 Å². The molecule has 4 nitrogen and oxygen atoms in total. The molecule has 2 heterocycles. The molecule has 2 N–H and O–H groups in total. The Kier molecular flexibility index (Phi) is 2.78. The lowest BCUT2D eigenvalue weighted by Gasteiger charge is -1.99. The summed E-state index contributed by atoms with van der Waals surface area (Å²) in [6.07, 6.45) is 3.56. The van der Waals surface area contributed by atoms with Crippen LogP contribution in [-0.2, 0) is 13.1 Å². The summed E-state index contributed by atoms with van der Waals surface area (Å²) in [5.41, 5.74) is 8.66. The second kappa shape index (κ2) is 4.23. The Morgan fingerprint density at radius 2 is 2.33 bits per heavy atom. The fourth-order valence-electron chi connectivity index (χ4n) is 1.55. The van der Waals surface area contributed by atoms with Crippen molar-refractivity contribution in [2.75, 3.05) is 0 Å². The molecule has 0 aliphatic heterocycles. The van der Waals surface area contributed by atoms with Gasteiger partial charge in [-0.3, -0.25) is 9.67 Å². The van der Waals surface area contributed by atoms with Gasteiger partial charge in [-0.15, -0.1) is 0 Å². The number of nitrogens with two attached hydrogens (primary N) is 1. The molecule has 0 unspecified atom stereocenters. The average molecular weight is 202 g/mol. The van der Waals surface area contributed by atoms with Gasteiger partial charge in [0.2, 0.25) is 0 Å². The molecule has 2 rings (SSSR count). The topological polar surface area (TPSA) is 56.7 Å². The summed E-state index contributed by atoms with van der Waals surface area (Å²) in [5, 5.41) is 4.47. The van der Waals surface area contributed by atoms with Gasteiger partial charge in [-0.25, -0.2) is 0 Å². The number of aryl methyl sites for hydroxylation is 1. The summed E-state index contributed by atoms with van der Waals surface area (Å²) in [4.78, 5) is 4.07. The minimum atomic E-state index is 0.515. The lowest BCUT2D eigenvalue weighted by atomic mass is 10.2. The summed E-state index contributed by atoms with van der Waals surface area (Å²) in [5.74, 6) is 0. The second-order valence-corrected chi connectivity index (χ2v) is 3.28. The predicted molar refractivity (Wildman–Crippen MR) is 59.0 cm³/mol. The van der Waals surface area contributed by atoms with Crippen LogP contribution in [0.3, 0.4) is 0 Å². The van der Waals surface area contributed by atoms with Crippen LogP contribution in [0.1, 0.15) is 12.6 Å². The average Bonchev–Trinajstić information content (AvgIpc) is 2.73. The molecule has 0 aliphatic rings. The van der Waals surface area contributed by atoms with Crippen molar-refractivity contribution in [3.8, 4) is 11.3 Å². The minimum Gasteiger partial charge on any atom is -0.325 e. The first kappa shape index (κ1) is 9.86. The molecule has 0 aromatic carbocycles. The predicted octanol–water partition coefficient (Wildman–Crippen LogP) is 1.42. The van der Waals surface area contributed by atoms with Crippen molar-refractivity contribution in [2.24, 2.45) is 5.73 Å². The number of hydrogen-bond acceptors (Lipinski definition) is 3. The van der Waals surface area contributed by atoms with Crippen LogP contribution >= 0.6 is 0 Å². The number of nitrogens with zero attached hydrogens (tertiary/aromatic N) is 3. The molecule has 15 heavy (non-hydrogen) atoms. The van der Waals surface area contributed by atoms with Crippen LogP contribution in [0.25, 0.3) is 11.3 Å². The van der Waals surface area contributed by atoms with E-state index in [9.17, 15) is 0 Å². The molecular weight excluding hydrogens is 188 g/mol. The zero-order chi connectivity index (χ0) is 10.7. The molecule has 0 amide bonds. The molecule has 0 radical (unpaired) electrons. The van der Waals surface area contributed by atoms with Crippen molar-refractivity contribution in [3.05, 3.63) is 36.3 Å². The highest BCUT2D eigenvalue weighted by Crippen LogP contribution is 2.17. The highest BCUT2D eigenvalue weighted by Gasteiger charge is 2.06. The van der Waals surface area contributed by atoms with Gasteiger partial charge in [-0.05, 0) is 25.1 Å². The quantitative estimate of drug-likeness (QED) is 0.819. The highest BCUT2D eigenvalue weighted by molar-refractivity contribution is 5.57. The molecule has 78 valence electrons. The van der Waals surface area contributed by atoms with Crippen molar-refractivity contribution in [1.29, 1.82) is 0 Å². The van der Waals surface area contributed by atoms with Crippen LogP contribution in [-0.4, -0.2) is 14.8 Å². The van der Waals surface area contributed by atoms with Crippen LogP contribution < -0.4 is 5.73 Å². The summed E-state index contributed by atoms with van der Waals surface area (Å²) in [6, 6.07) is 5.92. The van der Waals surface area contributed by atoms with E-state index in [0.717, 1.165) is 23.5 Å². The van der Waals surface area contributed by atoms with E-state index in [1.54, 1.807) is 6.20 Å². The third-order valence-electron chi connectivity index (χ3n) is 2.33. The largest absolute Gasteiger partial charge is 0.325 e. The van der Waals surface area contributed by atoms with E-state index >= 15 is 0 Å². The van der Waals surface area contributed by atoms with E-state index in [1.807, 2.05) is 29.1 Å². The Morgan fingerprint density at radius 3 is 2.87 bits per heavy atom. The minimum absolute atomic E-state index is 0.515. The number of hydrogen-bond donors (Lipinski definition) is 1. The molecule has 2 aromatic rings. The van der Waals surface area contributed by atoms with Gasteiger partial charge in [0.25, 0.3) is 0 Å². The Hall–Kier alpha value is -1.68. The Balaban J connectivity index is 2.42. The normalized spacial score (nSPS) is 10.5. The summed E-state index contributed by atoms with van der Waals surface area (Å²) in [7, 11) is 0. The summed E-state index contributed by atoms with van der Waals surface area (Å²) in [6.45, 7) is 3.41. The smallest absolute Gasteiger partial charge is 0.0942 e. The Labute approximate surface area is 88.8 Å². The van der Waals surface area contributed by atoms with Crippen molar-refractivity contribution >= 4 is 0 Å². The van der Waals surface area contributed by atoms with Gasteiger partial charge < -0.3 is 5.73 Å². The van der Waals surface area contributed by atoms with Crippen LogP contribution in [0, 0.1) is 0 Å². The second-order valence-electron chi connectivity index (χ2n) is 3.28. The standard InChI is InChI=1S/C11H14N4/c1-2-15-10(7-12)6-11(14-15)9-4-3-5-13-8-9/h3-6,8H,2,7,12H2,1H3. The van der Waals surface area contributed by atoms with Gasteiger partial charge in [-0.1, -0.05) is 0 Å². The van der Waals surface area contributed by atoms with Gasteiger partial charge in [0, 0.05) is 31.0 Å². The number of rotatable bonds is 3. The van der Waals surface area contributed by atoms with E-state index in [4.69, 9.17) is 5.73 Å². The third kappa shape index (κ3) is 1.89. The van der Waals surface area contributed by atoms with Crippen LogP contribution in [0.2, 0.25) is 0 Å². The van der Waals surface area contributed by atoms with Gasteiger partial charge in [0.05, 0.1) is 11.4 Å². The first-order valence-corrected chi connectivity index (χ1v) is 5.02. The van der Waals surface area contributed by atoms with Gasteiger partial charge in [-0.2, -0.15) is 5.10 Å². The first-order valence-electron chi connectivity index (χ1n) is 5.02. The van der Waals surface area contributed by atoms with Crippen molar-refractivity contribution in [1.82, 2.24) is 14.8 Å². The van der Waals surface area contributed by atoms with Crippen LogP contribution in [0.15, 0.2) is 30.6 Å². The third-order valence-corrected chi connectivity index (χ3v) is 2.33. The molecule has 0 saturated heterocycles. The summed E-state index contributed by atoms with van der Waals surface area (Å²) < 4.78 is 1.92. The maximum atomic E-state index is 5.64. The number of pyridine rings is 1. The van der Waals surface area contributed by atoms with E-state index < -0.39 is 0 Å².